The van der Waals surface area contributed by atoms with E-state index in [0.29, 0.717) is 6.42 Å². The zero-order chi connectivity index (χ0) is 13.0. The van der Waals surface area contributed by atoms with Crippen molar-refractivity contribution in [3.63, 3.8) is 0 Å². The molecule has 1 amide bonds. The van der Waals surface area contributed by atoms with Crippen LogP contribution in [-0.2, 0) is 11.2 Å². The molecule has 3 heterocycles. The zero-order valence-electron chi connectivity index (χ0n) is 11.0. The fourth-order valence-corrected chi connectivity index (χ4v) is 3.78. The first kappa shape index (κ1) is 11.0. The smallest absolute Gasteiger partial charge is 0.226 e. The Bertz CT molecular complexity index is 631. The molecule has 1 aromatic rings. The second-order valence-electron chi connectivity index (χ2n) is 5.67. The summed E-state index contributed by atoms with van der Waals surface area (Å²) < 4.78 is 0. The van der Waals surface area contributed by atoms with Gasteiger partial charge in [0.1, 0.15) is 5.54 Å². The van der Waals surface area contributed by atoms with Gasteiger partial charge in [-0.3, -0.25) is 9.79 Å². The maximum Gasteiger partial charge on any atom is 0.226 e. The third-order valence-electron chi connectivity index (χ3n) is 4.79. The van der Waals surface area contributed by atoms with E-state index < -0.39 is 0 Å². The molecule has 1 fully saturated rings. The first-order valence-electron chi connectivity index (χ1n) is 6.82. The molecule has 0 aliphatic carbocycles. The van der Waals surface area contributed by atoms with E-state index in [4.69, 9.17) is 4.99 Å². The minimum Gasteiger partial charge on any atom is -0.332 e. The summed E-state index contributed by atoms with van der Waals surface area (Å²) in [5.41, 5.74) is 3.53. The van der Waals surface area contributed by atoms with E-state index in [0.717, 1.165) is 13.0 Å². The quantitative estimate of drug-likeness (QED) is 0.697. The van der Waals surface area contributed by atoms with E-state index in [-0.39, 0.29) is 17.5 Å². The van der Waals surface area contributed by atoms with Crippen molar-refractivity contribution >= 4 is 12.1 Å². The van der Waals surface area contributed by atoms with Gasteiger partial charge in [-0.2, -0.15) is 0 Å². The van der Waals surface area contributed by atoms with Gasteiger partial charge in [-0.25, -0.2) is 0 Å². The van der Waals surface area contributed by atoms with Crippen LogP contribution in [0.1, 0.15) is 30.5 Å². The van der Waals surface area contributed by atoms with E-state index in [1.54, 1.807) is 0 Å². The van der Waals surface area contributed by atoms with E-state index in [1.807, 2.05) is 17.2 Å². The van der Waals surface area contributed by atoms with Gasteiger partial charge in [-0.1, -0.05) is 24.3 Å². The molecule has 2 atom stereocenters. The number of benzene rings is 1. The second-order valence-corrected chi connectivity index (χ2v) is 5.67. The van der Waals surface area contributed by atoms with Crippen LogP contribution in [0.15, 0.2) is 40.9 Å². The summed E-state index contributed by atoms with van der Waals surface area (Å²) in [6.45, 7) is 2.92. The lowest BCUT2D eigenvalue weighted by Gasteiger charge is -2.38. The molecule has 1 spiro atoms. The third kappa shape index (κ3) is 1.28. The van der Waals surface area contributed by atoms with E-state index >= 15 is 0 Å². The normalized spacial score (nSPS) is 31.6. The summed E-state index contributed by atoms with van der Waals surface area (Å²) in [5.74, 6) is 0.242. The Labute approximate surface area is 112 Å². The van der Waals surface area contributed by atoms with Gasteiger partial charge in [0, 0.05) is 12.8 Å². The molecular formula is C16H16N2O. The lowest BCUT2D eigenvalue weighted by Crippen LogP contribution is -2.40. The fourth-order valence-electron chi connectivity index (χ4n) is 3.78. The highest BCUT2D eigenvalue weighted by Crippen LogP contribution is 2.51. The van der Waals surface area contributed by atoms with Gasteiger partial charge in [0.25, 0.3) is 0 Å². The largest absolute Gasteiger partial charge is 0.332 e. The van der Waals surface area contributed by atoms with Gasteiger partial charge < -0.3 is 4.90 Å². The molecule has 0 N–H and O–H groups in total. The maximum absolute atomic E-state index is 12.3. The van der Waals surface area contributed by atoms with Gasteiger partial charge in [-0.05, 0) is 36.1 Å². The summed E-state index contributed by atoms with van der Waals surface area (Å²) in [5, 5.41) is 0. The lowest BCUT2D eigenvalue weighted by molar-refractivity contribution is -0.129. The van der Waals surface area contributed by atoms with Crippen LogP contribution >= 0.6 is 0 Å². The van der Waals surface area contributed by atoms with Crippen LogP contribution in [0, 0.1) is 0 Å². The molecule has 1 aromatic carbocycles. The van der Waals surface area contributed by atoms with E-state index in [1.165, 1.54) is 16.7 Å². The molecule has 0 aromatic heterocycles. The molecule has 0 radical (unpaired) electrons. The first-order valence-corrected chi connectivity index (χ1v) is 6.82. The number of fused-ring (bicyclic) bond motifs is 4. The molecule has 3 heteroatoms. The number of nitrogens with zero attached hydrogens (tertiary/aromatic N) is 2. The van der Waals surface area contributed by atoms with Crippen LogP contribution in [0.5, 0.6) is 0 Å². The predicted molar refractivity (Wildman–Crippen MR) is 74.2 cm³/mol. The third-order valence-corrected chi connectivity index (χ3v) is 4.79. The topological polar surface area (TPSA) is 32.7 Å². The highest BCUT2D eigenvalue weighted by atomic mass is 16.2. The molecule has 0 unspecified atom stereocenters. The second kappa shape index (κ2) is 3.56. The number of carbonyl (C=O) groups excluding carboxylic acids is 1. The Kier molecular flexibility index (Phi) is 2.06. The van der Waals surface area contributed by atoms with Crippen molar-refractivity contribution in [3.8, 4) is 0 Å². The highest BCUT2D eigenvalue weighted by Gasteiger charge is 2.55. The number of rotatable bonds is 0. The monoisotopic (exact) mass is 252 g/mol. The highest BCUT2D eigenvalue weighted by molar-refractivity contribution is 5.87. The number of allylic oxidation sites excluding steroid dienone is 1. The molecule has 3 aliphatic rings. The van der Waals surface area contributed by atoms with E-state index in [9.17, 15) is 4.79 Å². The Morgan fingerprint density at radius 1 is 1.37 bits per heavy atom. The Balaban J connectivity index is 1.93. The predicted octanol–water partition coefficient (Wildman–Crippen LogP) is 2.29. The van der Waals surface area contributed by atoms with Crippen LogP contribution in [0.4, 0.5) is 0 Å². The summed E-state index contributed by atoms with van der Waals surface area (Å²) in [7, 11) is 0. The van der Waals surface area contributed by atoms with Gasteiger partial charge in [0.15, 0.2) is 0 Å². The first-order chi connectivity index (χ1) is 9.22. The summed E-state index contributed by atoms with van der Waals surface area (Å²) in [6.07, 6.45) is 5.39. The fraction of sp³-hybridized carbons (Fsp3) is 0.375. The molecule has 1 saturated heterocycles. The Morgan fingerprint density at radius 3 is 3.00 bits per heavy atom. The van der Waals surface area contributed by atoms with Gasteiger partial charge in [0.05, 0.1) is 12.5 Å². The van der Waals surface area contributed by atoms with Crippen molar-refractivity contribution < 1.29 is 4.79 Å². The summed E-state index contributed by atoms with van der Waals surface area (Å²) >= 11 is 0. The van der Waals surface area contributed by atoms with Gasteiger partial charge in [0.2, 0.25) is 5.91 Å². The average Bonchev–Trinajstić information content (AvgIpc) is 2.93. The van der Waals surface area contributed by atoms with Crippen molar-refractivity contribution in [3.05, 3.63) is 47.0 Å². The Hall–Kier alpha value is -1.90. The van der Waals surface area contributed by atoms with Crippen LogP contribution < -0.4 is 0 Å². The molecule has 3 nitrogen and oxygen atoms in total. The standard InChI is InChI=1S/C16H16N2O/c1-11-6-8-17-16(11)10-14(19)18-9-7-12-4-2-3-5-13(12)15(16)18/h2-6,8,15H,7,9-10H2,1H3/t15-,16-/m1/s1. The van der Waals surface area contributed by atoms with Crippen LogP contribution in [0.25, 0.3) is 0 Å². The van der Waals surface area contributed by atoms with Crippen molar-refractivity contribution in [1.29, 1.82) is 0 Å². The van der Waals surface area contributed by atoms with Crippen LogP contribution in [0.2, 0.25) is 0 Å². The lowest BCUT2D eigenvalue weighted by atomic mass is 9.78. The van der Waals surface area contributed by atoms with E-state index in [2.05, 4.69) is 31.2 Å². The average molecular weight is 252 g/mol. The molecule has 3 aliphatic heterocycles. The Morgan fingerprint density at radius 2 is 2.21 bits per heavy atom. The summed E-state index contributed by atoms with van der Waals surface area (Å²) in [4.78, 5) is 19.1. The van der Waals surface area contributed by atoms with Crippen molar-refractivity contribution in [1.82, 2.24) is 4.90 Å². The summed E-state index contributed by atoms with van der Waals surface area (Å²) in [6, 6.07) is 8.59. The molecule has 0 bridgehead atoms. The minimum atomic E-state index is -0.340. The number of amides is 1. The number of aliphatic imine (C=N–C) groups is 1. The van der Waals surface area contributed by atoms with Crippen molar-refractivity contribution in [2.24, 2.45) is 4.99 Å². The SMILES string of the molecule is CC1=CC=N[C@]12CC(=O)N1CCc3ccccc3[C@@H]12. The van der Waals surface area contributed by atoms with Gasteiger partial charge >= 0.3 is 0 Å². The molecule has 19 heavy (non-hydrogen) atoms. The number of hydrogen-bond donors (Lipinski definition) is 0. The zero-order valence-corrected chi connectivity index (χ0v) is 11.0. The molecular weight excluding hydrogens is 236 g/mol. The molecule has 96 valence electrons. The molecule has 0 saturated carbocycles. The number of hydrogen-bond acceptors (Lipinski definition) is 2. The van der Waals surface area contributed by atoms with Crippen molar-refractivity contribution in [2.75, 3.05) is 6.54 Å². The number of carbonyl (C=O) groups is 1. The maximum atomic E-state index is 12.3. The van der Waals surface area contributed by atoms with Crippen molar-refractivity contribution in [2.45, 2.75) is 31.3 Å². The van der Waals surface area contributed by atoms with Crippen LogP contribution in [-0.4, -0.2) is 29.1 Å². The molecule has 4 rings (SSSR count). The minimum absolute atomic E-state index is 0.0972. The van der Waals surface area contributed by atoms with Crippen LogP contribution in [0.3, 0.4) is 0 Å². The van der Waals surface area contributed by atoms with Gasteiger partial charge in [-0.15, -0.1) is 0 Å².